The SMILES string of the molecule is Cc1ccc2ncc(C(=O)NC(CO)c3ccc(Cl)cc3)n2c1. The van der Waals surface area contributed by atoms with Gasteiger partial charge in [0.05, 0.1) is 18.8 Å². The van der Waals surface area contributed by atoms with Gasteiger partial charge in [-0.2, -0.15) is 0 Å². The van der Waals surface area contributed by atoms with E-state index >= 15 is 0 Å². The molecule has 3 rings (SSSR count). The van der Waals surface area contributed by atoms with Crippen molar-refractivity contribution in [2.75, 3.05) is 6.61 Å². The summed E-state index contributed by atoms with van der Waals surface area (Å²) in [6.07, 6.45) is 3.38. The van der Waals surface area contributed by atoms with Gasteiger partial charge >= 0.3 is 0 Å². The Morgan fingerprint density at radius 3 is 2.74 bits per heavy atom. The topological polar surface area (TPSA) is 66.6 Å². The first-order valence-corrected chi connectivity index (χ1v) is 7.57. The van der Waals surface area contributed by atoms with E-state index in [4.69, 9.17) is 11.6 Å². The van der Waals surface area contributed by atoms with Gasteiger partial charge in [0.1, 0.15) is 11.3 Å². The number of aromatic nitrogens is 2. The van der Waals surface area contributed by atoms with E-state index in [2.05, 4.69) is 10.3 Å². The number of fused-ring (bicyclic) bond motifs is 1. The van der Waals surface area contributed by atoms with Crippen molar-refractivity contribution in [1.29, 1.82) is 0 Å². The number of halogens is 1. The summed E-state index contributed by atoms with van der Waals surface area (Å²) < 4.78 is 1.74. The zero-order valence-corrected chi connectivity index (χ0v) is 13.3. The van der Waals surface area contributed by atoms with E-state index in [9.17, 15) is 9.90 Å². The predicted molar refractivity (Wildman–Crippen MR) is 88.7 cm³/mol. The monoisotopic (exact) mass is 329 g/mol. The van der Waals surface area contributed by atoms with E-state index < -0.39 is 6.04 Å². The molecule has 0 aliphatic heterocycles. The average Bonchev–Trinajstić information content (AvgIpc) is 2.96. The molecule has 0 saturated heterocycles. The Balaban J connectivity index is 1.86. The Labute approximate surface area is 138 Å². The summed E-state index contributed by atoms with van der Waals surface area (Å²) in [5, 5.41) is 13.0. The van der Waals surface area contributed by atoms with Gasteiger partial charge in [0.15, 0.2) is 0 Å². The van der Waals surface area contributed by atoms with Crippen LogP contribution in [0.25, 0.3) is 5.65 Å². The van der Waals surface area contributed by atoms with Crippen molar-refractivity contribution in [3.8, 4) is 0 Å². The summed E-state index contributed by atoms with van der Waals surface area (Å²) in [5.41, 5.74) is 2.94. The van der Waals surface area contributed by atoms with Crippen molar-refractivity contribution < 1.29 is 9.90 Å². The van der Waals surface area contributed by atoms with Crippen LogP contribution in [0.5, 0.6) is 0 Å². The molecule has 1 aromatic carbocycles. The third kappa shape index (κ3) is 3.21. The lowest BCUT2D eigenvalue weighted by Gasteiger charge is -2.16. The van der Waals surface area contributed by atoms with Crippen molar-refractivity contribution >= 4 is 23.2 Å². The number of pyridine rings is 1. The van der Waals surface area contributed by atoms with Gasteiger partial charge in [-0.25, -0.2) is 4.98 Å². The molecule has 1 amide bonds. The Morgan fingerprint density at radius 1 is 1.30 bits per heavy atom. The van der Waals surface area contributed by atoms with Gasteiger partial charge < -0.3 is 10.4 Å². The number of nitrogens with one attached hydrogen (secondary N) is 1. The van der Waals surface area contributed by atoms with Gasteiger partial charge in [0, 0.05) is 11.2 Å². The number of aryl methyl sites for hydroxylation is 1. The summed E-state index contributed by atoms with van der Waals surface area (Å²) in [7, 11) is 0. The minimum Gasteiger partial charge on any atom is -0.394 e. The Hall–Kier alpha value is -2.37. The lowest BCUT2D eigenvalue weighted by molar-refractivity contribution is 0.0910. The second-order valence-electron chi connectivity index (χ2n) is 5.34. The molecule has 0 saturated carbocycles. The van der Waals surface area contributed by atoms with Gasteiger partial charge in [0.25, 0.3) is 5.91 Å². The first-order chi connectivity index (χ1) is 11.1. The summed E-state index contributed by atoms with van der Waals surface area (Å²) in [6, 6.07) is 10.3. The third-order valence-electron chi connectivity index (χ3n) is 3.65. The number of rotatable bonds is 4. The fourth-order valence-corrected chi connectivity index (χ4v) is 2.54. The quantitative estimate of drug-likeness (QED) is 0.773. The molecule has 118 valence electrons. The lowest BCUT2D eigenvalue weighted by Crippen LogP contribution is -2.31. The zero-order valence-electron chi connectivity index (χ0n) is 12.5. The molecule has 0 aliphatic rings. The van der Waals surface area contributed by atoms with E-state index in [0.29, 0.717) is 16.4 Å². The molecule has 0 bridgehead atoms. The largest absolute Gasteiger partial charge is 0.394 e. The zero-order chi connectivity index (χ0) is 16.4. The van der Waals surface area contributed by atoms with Crippen LogP contribution < -0.4 is 5.32 Å². The van der Waals surface area contributed by atoms with E-state index in [1.807, 2.05) is 25.3 Å². The number of aliphatic hydroxyl groups is 1. The number of benzene rings is 1. The molecule has 0 fully saturated rings. The maximum absolute atomic E-state index is 12.5. The predicted octanol–water partition coefficient (Wildman–Crippen LogP) is 2.76. The molecule has 3 aromatic rings. The van der Waals surface area contributed by atoms with Crippen LogP contribution in [0, 0.1) is 6.92 Å². The van der Waals surface area contributed by atoms with Crippen molar-refractivity contribution in [2.24, 2.45) is 0 Å². The molecule has 0 spiro atoms. The van der Waals surface area contributed by atoms with Crippen LogP contribution in [0.15, 0.2) is 48.8 Å². The first kappa shape index (κ1) is 15.5. The molecule has 1 unspecified atom stereocenters. The van der Waals surface area contributed by atoms with Crippen LogP contribution in [0.4, 0.5) is 0 Å². The molecule has 0 aliphatic carbocycles. The number of amides is 1. The standard InChI is InChI=1S/C17H16ClN3O2/c1-11-2-7-16-19-8-15(21(16)9-11)17(23)20-14(10-22)12-3-5-13(18)6-4-12/h2-9,14,22H,10H2,1H3,(H,20,23). The lowest BCUT2D eigenvalue weighted by atomic mass is 10.1. The fourth-order valence-electron chi connectivity index (χ4n) is 2.42. The van der Waals surface area contributed by atoms with Crippen LogP contribution in [0.1, 0.15) is 27.7 Å². The second kappa shape index (κ2) is 6.40. The molecule has 1 atom stereocenters. The molecular weight excluding hydrogens is 314 g/mol. The first-order valence-electron chi connectivity index (χ1n) is 7.19. The molecule has 2 heterocycles. The third-order valence-corrected chi connectivity index (χ3v) is 3.90. The molecule has 2 N–H and O–H groups in total. The summed E-state index contributed by atoms with van der Waals surface area (Å²) >= 11 is 5.87. The fraction of sp³-hybridized carbons (Fsp3) is 0.176. The van der Waals surface area contributed by atoms with Crippen LogP contribution in [-0.2, 0) is 0 Å². The number of hydrogen-bond donors (Lipinski definition) is 2. The van der Waals surface area contributed by atoms with Crippen molar-refractivity contribution in [3.05, 3.63) is 70.6 Å². The van der Waals surface area contributed by atoms with E-state index in [1.54, 1.807) is 28.7 Å². The normalized spacial score (nSPS) is 12.3. The highest BCUT2D eigenvalue weighted by molar-refractivity contribution is 6.30. The molecule has 2 aromatic heterocycles. The van der Waals surface area contributed by atoms with Crippen molar-refractivity contribution in [3.63, 3.8) is 0 Å². The van der Waals surface area contributed by atoms with Crippen molar-refractivity contribution in [1.82, 2.24) is 14.7 Å². The minimum atomic E-state index is -0.505. The Morgan fingerprint density at radius 2 is 2.04 bits per heavy atom. The summed E-state index contributed by atoms with van der Waals surface area (Å²) in [4.78, 5) is 16.8. The Kier molecular flexibility index (Phi) is 4.32. The van der Waals surface area contributed by atoms with Gasteiger partial charge in [0.2, 0.25) is 0 Å². The number of carbonyl (C=O) groups is 1. The second-order valence-corrected chi connectivity index (χ2v) is 5.77. The number of hydrogen-bond acceptors (Lipinski definition) is 3. The van der Waals surface area contributed by atoms with Crippen LogP contribution in [-0.4, -0.2) is 27.0 Å². The van der Waals surface area contributed by atoms with Gasteiger partial charge in [-0.15, -0.1) is 0 Å². The number of nitrogens with zero attached hydrogens (tertiary/aromatic N) is 2. The highest BCUT2D eigenvalue weighted by Crippen LogP contribution is 2.17. The van der Waals surface area contributed by atoms with Crippen LogP contribution in [0.3, 0.4) is 0 Å². The molecule has 5 nitrogen and oxygen atoms in total. The Bertz CT molecular complexity index is 843. The minimum absolute atomic E-state index is 0.205. The molecule has 6 heteroatoms. The van der Waals surface area contributed by atoms with E-state index in [1.165, 1.54) is 6.20 Å². The van der Waals surface area contributed by atoms with Crippen LogP contribution >= 0.6 is 11.6 Å². The maximum atomic E-state index is 12.5. The summed E-state index contributed by atoms with van der Waals surface area (Å²) in [6.45, 7) is 1.74. The molecular formula is C17H16ClN3O2. The van der Waals surface area contributed by atoms with Gasteiger partial charge in [-0.05, 0) is 36.2 Å². The maximum Gasteiger partial charge on any atom is 0.270 e. The van der Waals surface area contributed by atoms with Gasteiger partial charge in [-0.3, -0.25) is 9.20 Å². The number of aliphatic hydroxyl groups excluding tert-OH is 1. The molecule has 23 heavy (non-hydrogen) atoms. The number of carbonyl (C=O) groups excluding carboxylic acids is 1. The average molecular weight is 330 g/mol. The molecule has 0 radical (unpaired) electrons. The van der Waals surface area contributed by atoms with Gasteiger partial charge in [-0.1, -0.05) is 29.8 Å². The van der Waals surface area contributed by atoms with Crippen molar-refractivity contribution in [2.45, 2.75) is 13.0 Å². The highest BCUT2D eigenvalue weighted by atomic mass is 35.5. The van der Waals surface area contributed by atoms with E-state index in [0.717, 1.165) is 11.1 Å². The number of imidazole rings is 1. The van der Waals surface area contributed by atoms with E-state index in [-0.39, 0.29) is 12.5 Å². The summed E-state index contributed by atoms with van der Waals surface area (Å²) in [5.74, 6) is -0.294. The highest BCUT2D eigenvalue weighted by Gasteiger charge is 2.18. The van der Waals surface area contributed by atoms with Crippen LogP contribution in [0.2, 0.25) is 5.02 Å². The smallest absolute Gasteiger partial charge is 0.270 e.